The highest BCUT2D eigenvalue weighted by molar-refractivity contribution is 5.65. The summed E-state index contributed by atoms with van der Waals surface area (Å²) >= 11 is 0. The SMILES string of the molecule is CCCCCCCCC1Cc2ccc(-c3ccc(C4CCC(CCCCC)CC4)cc3)cc2C1. The Morgan fingerprint density at radius 2 is 1.15 bits per heavy atom. The molecule has 186 valence electrons. The van der Waals surface area contributed by atoms with Gasteiger partial charge in [-0.15, -0.1) is 0 Å². The second-order valence-electron chi connectivity index (χ2n) is 11.6. The van der Waals surface area contributed by atoms with Crippen LogP contribution in [-0.2, 0) is 12.8 Å². The van der Waals surface area contributed by atoms with Crippen LogP contribution < -0.4 is 0 Å². The topological polar surface area (TPSA) is 0 Å². The Bertz CT molecular complexity index is 837. The average Bonchev–Trinajstić information content (AvgIpc) is 3.29. The van der Waals surface area contributed by atoms with Crippen molar-refractivity contribution in [2.24, 2.45) is 11.8 Å². The smallest absolute Gasteiger partial charge is 0.0162 e. The fourth-order valence-electron chi connectivity index (χ4n) is 6.72. The van der Waals surface area contributed by atoms with Crippen LogP contribution in [0.5, 0.6) is 0 Å². The molecule has 2 aromatic rings. The van der Waals surface area contributed by atoms with Gasteiger partial charge in [0, 0.05) is 0 Å². The lowest BCUT2D eigenvalue weighted by Gasteiger charge is -2.29. The molecule has 4 rings (SSSR count). The van der Waals surface area contributed by atoms with Crippen molar-refractivity contribution < 1.29 is 0 Å². The Morgan fingerprint density at radius 3 is 1.91 bits per heavy atom. The summed E-state index contributed by atoms with van der Waals surface area (Å²) in [6.07, 6.45) is 23.9. The van der Waals surface area contributed by atoms with Gasteiger partial charge in [0.05, 0.1) is 0 Å². The van der Waals surface area contributed by atoms with E-state index in [0.29, 0.717) is 0 Å². The van der Waals surface area contributed by atoms with Crippen LogP contribution in [0.2, 0.25) is 0 Å². The van der Waals surface area contributed by atoms with Crippen LogP contribution in [0.25, 0.3) is 11.1 Å². The molecule has 0 amide bonds. The summed E-state index contributed by atoms with van der Waals surface area (Å²) in [5.74, 6) is 2.67. The molecule has 2 aromatic carbocycles. The first-order valence-corrected chi connectivity index (χ1v) is 15.0. The standard InChI is InChI=1S/C34H50/c1-3-5-7-8-9-11-13-28-24-32-22-23-33(26-34(32)25-28)31-20-18-30(19-21-31)29-16-14-27(15-17-29)12-10-6-4-2/h18-23,26-29H,3-17,24-25H2,1-2H3. The van der Waals surface area contributed by atoms with Crippen molar-refractivity contribution in [1.29, 1.82) is 0 Å². The largest absolute Gasteiger partial charge is 0.0654 e. The normalized spacial score (nSPS) is 22.1. The van der Waals surface area contributed by atoms with Crippen LogP contribution in [-0.4, -0.2) is 0 Å². The number of unbranched alkanes of at least 4 members (excludes halogenated alkanes) is 7. The van der Waals surface area contributed by atoms with Crippen molar-refractivity contribution in [3.63, 3.8) is 0 Å². The van der Waals surface area contributed by atoms with Crippen LogP contribution in [0.4, 0.5) is 0 Å². The van der Waals surface area contributed by atoms with Crippen molar-refractivity contribution in [1.82, 2.24) is 0 Å². The molecule has 34 heavy (non-hydrogen) atoms. The molecule has 1 atom stereocenters. The van der Waals surface area contributed by atoms with Gasteiger partial charge in [-0.1, -0.05) is 121 Å². The van der Waals surface area contributed by atoms with E-state index < -0.39 is 0 Å². The molecular weight excluding hydrogens is 408 g/mol. The van der Waals surface area contributed by atoms with Crippen molar-refractivity contribution in [2.75, 3.05) is 0 Å². The third-order valence-electron chi connectivity index (χ3n) is 8.97. The van der Waals surface area contributed by atoms with E-state index in [0.717, 1.165) is 17.8 Å². The molecule has 0 saturated heterocycles. The predicted molar refractivity (Wildman–Crippen MR) is 150 cm³/mol. The zero-order valence-corrected chi connectivity index (χ0v) is 22.3. The maximum atomic E-state index is 2.51. The van der Waals surface area contributed by atoms with Gasteiger partial charge in [-0.2, -0.15) is 0 Å². The Morgan fingerprint density at radius 1 is 0.559 bits per heavy atom. The van der Waals surface area contributed by atoms with Crippen LogP contribution in [0.15, 0.2) is 42.5 Å². The highest BCUT2D eigenvalue weighted by Gasteiger charge is 2.23. The van der Waals surface area contributed by atoms with E-state index in [4.69, 9.17) is 0 Å². The number of benzene rings is 2. The summed E-state index contributed by atoms with van der Waals surface area (Å²) in [7, 11) is 0. The molecule has 1 unspecified atom stereocenters. The average molecular weight is 459 g/mol. The number of fused-ring (bicyclic) bond motifs is 1. The quantitative estimate of drug-likeness (QED) is 0.262. The van der Waals surface area contributed by atoms with Gasteiger partial charge in [-0.25, -0.2) is 0 Å². The molecular formula is C34H50. The van der Waals surface area contributed by atoms with Crippen LogP contribution in [0.1, 0.15) is 133 Å². The minimum atomic E-state index is 0.791. The first kappa shape index (κ1) is 25.5. The van der Waals surface area contributed by atoms with Crippen molar-refractivity contribution >= 4 is 0 Å². The van der Waals surface area contributed by atoms with Gasteiger partial charge in [0.1, 0.15) is 0 Å². The molecule has 0 bridgehead atoms. The summed E-state index contributed by atoms with van der Waals surface area (Å²) in [5, 5.41) is 0. The molecule has 1 saturated carbocycles. The molecule has 2 aliphatic carbocycles. The molecule has 0 nitrogen and oxygen atoms in total. The Balaban J connectivity index is 1.25. The number of rotatable bonds is 13. The van der Waals surface area contributed by atoms with Crippen molar-refractivity contribution in [3.8, 4) is 11.1 Å². The van der Waals surface area contributed by atoms with Gasteiger partial charge in [0.25, 0.3) is 0 Å². The van der Waals surface area contributed by atoms with E-state index >= 15 is 0 Å². The highest BCUT2D eigenvalue weighted by Crippen LogP contribution is 2.39. The molecule has 0 heteroatoms. The fourth-order valence-corrected chi connectivity index (χ4v) is 6.72. The number of hydrogen-bond donors (Lipinski definition) is 0. The third kappa shape index (κ3) is 7.22. The van der Waals surface area contributed by atoms with Gasteiger partial charge in [-0.05, 0) is 90.5 Å². The lowest BCUT2D eigenvalue weighted by atomic mass is 9.77. The Kier molecular flexibility index (Phi) is 10.1. The summed E-state index contributed by atoms with van der Waals surface area (Å²) in [6, 6.07) is 17.0. The lowest BCUT2D eigenvalue weighted by Crippen LogP contribution is -2.13. The van der Waals surface area contributed by atoms with E-state index in [1.165, 1.54) is 120 Å². The molecule has 0 heterocycles. The summed E-state index contributed by atoms with van der Waals surface area (Å²) in [6.45, 7) is 4.62. The van der Waals surface area contributed by atoms with Crippen LogP contribution in [0.3, 0.4) is 0 Å². The molecule has 1 fully saturated rings. The molecule has 0 aliphatic heterocycles. The zero-order chi connectivity index (χ0) is 23.6. The maximum Gasteiger partial charge on any atom is -0.0162 e. The van der Waals surface area contributed by atoms with E-state index in [9.17, 15) is 0 Å². The molecule has 0 aromatic heterocycles. The summed E-state index contributed by atoms with van der Waals surface area (Å²) < 4.78 is 0. The fraction of sp³-hybridized carbons (Fsp3) is 0.647. The lowest BCUT2D eigenvalue weighted by molar-refractivity contribution is 0.303. The molecule has 0 spiro atoms. The minimum absolute atomic E-state index is 0.791. The Hall–Kier alpha value is -1.56. The van der Waals surface area contributed by atoms with E-state index in [1.807, 2.05) is 0 Å². The van der Waals surface area contributed by atoms with Gasteiger partial charge >= 0.3 is 0 Å². The van der Waals surface area contributed by atoms with Crippen LogP contribution >= 0.6 is 0 Å². The Labute approximate surface area is 211 Å². The zero-order valence-electron chi connectivity index (χ0n) is 22.3. The second kappa shape index (κ2) is 13.5. The van der Waals surface area contributed by atoms with Crippen molar-refractivity contribution in [3.05, 3.63) is 59.2 Å². The van der Waals surface area contributed by atoms with Gasteiger partial charge in [0.2, 0.25) is 0 Å². The maximum absolute atomic E-state index is 2.51. The van der Waals surface area contributed by atoms with Gasteiger partial charge in [-0.3, -0.25) is 0 Å². The number of hydrogen-bond acceptors (Lipinski definition) is 0. The highest BCUT2D eigenvalue weighted by atomic mass is 14.3. The molecule has 0 radical (unpaired) electrons. The summed E-state index contributed by atoms with van der Waals surface area (Å²) in [4.78, 5) is 0. The molecule has 0 N–H and O–H groups in total. The van der Waals surface area contributed by atoms with E-state index in [-0.39, 0.29) is 0 Å². The second-order valence-corrected chi connectivity index (χ2v) is 11.6. The van der Waals surface area contributed by atoms with Crippen molar-refractivity contribution in [2.45, 2.75) is 129 Å². The predicted octanol–water partition coefficient (Wildman–Crippen LogP) is 10.7. The minimum Gasteiger partial charge on any atom is -0.0654 e. The van der Waals surface area contributed by atoms with E-state index in [1.54, 1.807) is 16.7 Å². The first-order valence-electron chi connectivity index (χ1n) is 15.0. The molecule has 2 aliphatic rings. The summed E-state index contributed by atoms with van der Waals surface area (Å²) in [5.41, 5.74) is 7.64. The van der Waals surface area contributed by atoms with Gasteiger partial charge in [0.15, 0.2) is 0 Å². The monoisotopic (exact) mass is 458 g/mol. The van der Waals surface area contributed by atoms with Crippen LogP contribution in [0, 0.1) is 11.8 Å². The first-order chi connectivity index (χ1) is 16.8. The van der Waals surface area contributed by atoms with E-state index in [2.05, 4.69) is 56.3 Å². The van der Waals surface area contributed by atoms with Gasteiger partial charge < -0.3 is 0 Å². The third-order valence-corrected chi connectivity index (χ3v) is 8.97.